The predicted molar refractivity (Wildman–Crippen MR) is 68.9 cm³/mol. The van der Waals surface area contributed by atoms with Crippen molar-refractivity contribution < 1.29 is 22.0 Å². The third-order valence-electron chi connectivity index (χ3n) is 3.68. The molecular formula is C15H19F5. The molecule has 20 heavy (non-hydrogen) atoms. The van der Waals surface area contributed by atoms with Crippen molar-refractivity contribution in [2.24, 2.45) is 5.92 Å². The molecule has 0 spiro atoms. The number of halogens is 5. The monoisotopic (exact) mass is 294 g/mol. The van der Waals surface area contributed by atoms with Gasteiger partial charge in [0.15, 0.2) is 0 Å². The zero-order valence-corrected chi connectivity index (χ0v) is 11.3. The lowest BCUT2D eigenvalue weighted by atomic mass is 9.79. The molecule has 1 aliphatic rings. The Balaban J connectivity index is 0.000000444. The lowest BCUT2D eigenvalue weighted by Gasteiger charge is -2.26. The summed E-state index contributed by atoms with van der Waals surface area (Å²) in [6.45, 7) is -1.38. The maximum Gasteiger partial charge on any atom is 0.379 e. The van der Waals surface area contributed by atoms with Gasteiger partial charge in [-0.25, -0.2) is 8.78 Å². The van der Waals surface area contributed by atoms with E-state index in [0.29, 0.717) is 5.92 Å². The van der Waals surface area contributed by atoms with E-state index in [2.05, 4.69) is 6.92 Å². The summed E-state index contributed by atoms with van der Waals surface area (Å²) in [7, 11) is 0. The predicted octanol–water partition coefficient (Wildman–Crippen LogP) is 6.10. The van der Waals surface area contributed by atoms with Crippen molar-refractivity contribution in [3.05, 3.63) is 35.4 Å². The molecule has 0 unspecified atom stereocenters. The molecule has 0 aliphatic heterocycles. The average Bonchev–Trinajstić information content (AvgIpc) is 2.39. The largest absolute Gasteiger partial charge is 0.379 e. The summed E-state index contributed by atoms with van der Waals surface area (Å²) >= 11 is 0. The third-order valence-corrected chi connectivity index (χ3v) is 3.68. The molecule has 5 heteroatoms. The van der Waals surface area contributed by atoms with Gasteiger partial charge in [-0.2, -0.15) is 13.2 Å². The van der Waals surface area contributed by atoms with Gasteiger partial charge in [0, 0.05) is 5.56 Å². The maximum atomic E-state index is 12.4. The Morgan fingerprint density at radius 2 is 1.30 bits per heavy atom. The van der Waals surface area contributed by atoms with Crippen molar-refractivity contribution in [3.8, 4) is 0 Å². The van der Waals surface area contributed by atoms with E-state index in [9.17, 15) is 22.0 Å². The van der Waals surface area contributed by atoms with Gasteiger partial charge in [-0.1, -0.05) is 44.0 Å². The van der Waals surface area contributed by atoms with Gasteiger partial charge in [-0.15, -0.1) is 0 Å². The Morgan fingerprint density at radius 3 is 1.70 bits per heavy atom. The van der Waals surface area contributed by atoms with Crippen molar-refractivity contribution in [2.75, 3.05) is 0 Å². The summed E-state index contributed by atoms with van der Waals surface area (Å²) < 4.78 is 53.8. The average molecular weight is 294 g/mol. The van der Waals surface area contributed by atoms with Gasteiger partial charge < -0.3 is 0 Å². The highest BCUT2D eigenvalue weighted by Gasteiger charge is 2.19. The zero-order valence-electron chi connectivity index (χ0n) is 11.3. The van der Waals surface area contributed by atoms with Gasteiger partial charge >= 0.3 is 6.68 Å². The highest BCUT2D eigenvalue weighted by Crippen LogP contribution is 2.35. The van der Waals surface area contributed by atoms with Crippen LogP contribution in [0.2, 0.25) is 0 Å². The van der Waals surface area contributed by atoms with Crippen LogP contribution in [-0.2, 0) is 0 Å². The fourth-order valence-corrected chi connectivity index (χ4v) is 2.51. The van der Waals surface area contributed by atoms with Crippen molar-refractivity contribution in [3.63, 3.8) is 0 Å². The number of hydrogen-bond donors (Lipinski definition) is 0. The first-order valence-electron chi connectivity index (χ1n) is 6.70. The minimum absolute atomic E-state index is 0.132. The normalized spacial score (nSPS) is 22.6. The molecule has 0 amide bonds. The second-order valence-electron chi connectivity index (χ2n) is 5.17. The van der Waals surface area contributed by atoms with Crippen molar-refractivity contribution in [1.82, 2.24) is 0 Å². The van der Waals surface area contributed by atoms with Gasteiger partial charge in [-0.05, 0) is 30.2 Å². The van der Waals surface area contributed by atoms with Crippen molar-refractivity contribution in [2.45, 2.75) is 51.6 Å². The summed E-state index contributed by atoms with van der Waals surface area (Å²) in [6.07, 6.45) is 2.59. The van der Waals surface area contributed by atoms with Crippen molar-refractivity contribution >= 4 is 0 Å². The Hall–Kier alpha value is -1.13. The first-order chi connectivity index (χ1) is 9.40. The van der Waals surface area contributed by atoms with E-state index in [1.807, 2.05) is 12.1 Å². The van der Waals surface area contributed by atoms with E-state index >= 15 is 0 Å². The Morgan fingerprint density at radius 1 is 0.850 bits per heavy atom. The van der Waals surface area contributed by atoms with Crippen LogP contribution in [0, 0.1) is 5.92 Å². The molecule has 0 atom stereocenters. The Kier molecular flexibility index (Phi) is 6.96. The van der Waals surface area contributed by atoms with Gasteiger partial charge in [0.05, 0.1) is 0 Å². The number of benzene rings is 1. The number of hydrogen-bond acceptors (Lipinski definition) is 0. The molecule has 0 heterocycles. The van der Waals surface area contributed by atoms with E-state index in [0.717, 1.165) is 5.92 Å². The van der Waals surface area contributed by atoms with Gasteiger partial charge in [0.2, 0.25) is 0 Å². The Labute approximate surface area is 116 Å². The maximum absolute atomic E-state index is 12.4. The molecule has 1 aromatic rings. The molecule has 0 saturated heterocycles. The lowest BCUT2D eigenvalue weighted by Crippen LogP contribution is -2.10. The highest BCUT2D eigenvalue weighted by atomic mass is 19.4. The quantitative estimate of drug-likeness (QED) is 0.578. The number of rotatable bonds is 2. The van der Waals surface area contributed by atoms with Crippen LogP contribution in [0.5, 0.6) is 0 Å². The second-order valence-corrected chi connectivity index (χ2v) is 5.17. The lowest BCUT2D eigenvalue weighted by molar-refractivity contribution is 0.00819. The number of alkyl halides is 5. The highest BCUT2D eigenvalue weighted by molar-refractivity contribution is 5.26. The van der Waals surface area contributed by atoms with E-state index < -0.39 is 13.1 Å². The SMILES string of the molecule is CC1CCC(c2ccc(C(F)F)cc2)CC1.FC(F)F. The summed E-state index contributed by atoms with van der Waals surface area (Å²) in [4.78, 5) is 0. The van der Waals surface area contributed by atoms with Crippen LogP contribution in [0.3, 0.4) is 0 Å². The van der Waals surface area contributed by atoms with Crippen LogP contribution in [0.4, 0.5) is 22.0 Å². The van der Waals surface area contributed by atoms with E-state index in [1.54, 1.807) is 12.1 Å². The zero-order chi connectivity index (χ0) is 15.1. The molecule has 1 saturated carbocycles. The van der Waals surface area contributed by atoms with Gasteiger partial charge in [0.25, 0.3) is 6.43 Å². The molecular weight excluding hydrogens is 275 g/mol. The molecule has 0 aromatic heterocycles. The minimum Gasteiger partial charge on any atom is -0.205 e. The fourth-order valence-electron chi connectivity index (χ4n) is 2.51. The van der Waals surface area contributed by atoms with Crippen LogP contribution in [0.25, 0.3) is 0 Å². The summed E-state index contributed by atoms with van der Waals surface area (Å²) in [5, 5.41) is 0. The molecule has 0 N–H and O–H groups in total. The molecule has 1 aliphatic carbocycles. The van der Waals surface area contributed by atoms with Gasteiger partial charge in [-0.3, -0.25) is 0 Å². The first-order valence-corrected chi connectivity index (χ1v) is 6.70. The fraction of sp³-hybridized carbons (Fsp3) is 0.600. The Bertz CT molecular complexity index is 364. The molecule has 0 radical (unpaired) electrons. The van der Waals surface area contributed by atoms with Gasteiger partial charge in [0.1, 0.15) is 0 Å². The molecule has 2 rings (SSSR count). The van der Waals surface area contributed by atoms with Crippen LogP contribution >= 0.6 is 0 Å². The second kappa shape index (κ2) is 8.22. The van der Waals surface area contributed by atoms with Crippen LogP contribution in [0.1, 0.15) is 56.1 Å². The summed E-state index contributed by atoms with van der Waals surface area (Å²) in [6, 6.07) is 6.89. The summed E-state index contributed by atoms with van der Waals surface area (Å²) in [5.74, 6) is 1.42. The molecule has 1 fully saturated rings. The topological polar surface area (TPSA) is 0 Å². The summed E-state index contributed by atoms with van der Waals surface area (Å²) in [5.41, 5.74) is 1.37. The molecule has 0 nitrogen and oxygen atoms in total. The van der Waals surface area contributed by atoms with Crippen LogP contribution in [-0.4, -0.2) is 6.68 Å². The van der Waals surface area contributed by atoms with E-state index in [-0.39, 0.29) is 5.56 Å². The third kappa shape index (κ3) is 5.88. The molecule has 0 bridgehead atoms. The molecule has 1 aromatic carbocycles. The molecule has 114 valence electrons. The standard InChI is InChI=1S/C14H18F2.CHF3/c1-10-2-4-11(5-3-10)12-6-8-13(9-7-12)14(15)16;2-1(3)4/h6-11,14H,2-5H2,1H3;1H. The smallest absolute Gasteiger partial charge is 0.205 e. The van der Waals surface area contributed by atoms with Crippen molar-refractivity contribution in [1.29, 1.82) is 0 Å². The van der Waals surface area contributed by atoms with Crippen LogP contribution < -0.4 is 0 Å². The first kappa shape index (κ1) is 16.9. The van der Waals surface area contributed by atoms with E-state index in [1.165, 1.54) is 31.2 Å². The van der Waals surface area contributed by atoms with E-state index in [4.69, 9.17) is 0 Å². The minimum atomic E-state index is -3.67. The van der Waals surface area contributed by atoms with Crippen LogP contribution in [0.15, 0.2) is 24.3 Å².